The predicted molar refractivity (Wildman–Crippen MR) is 58.1 cm³/mol. The summed E-state index contributed by atoms with van der Waals surface area (Å²) >= 11 is 0. The number of carbonyl (C=O) groups excluding carboxylic acids is 1. The van der Waals surface area contributed by atoms with E-state index in [1.54, 1.807) is 0 Å². The van der Waals surface area contributed by atoms with Crippen LogP contribution in [0.4, 0.5) is 13.2 Å². The van der Waals surface area contributed by atoms with Crippen molar-refractivity contribution in [3.63, 3.8) is 0 Å². The number of benzene rings is 1. The van der Waals surface area contributed by atoms with Crippen LogP contribution < -0.4 is 4.74 Å². The van der Waals surface area contributed by atoms with Gasteiger partial charge in [0.25, 0.3) is 10.1 Å². The van der Waals surface area contributed by atoms with Gasteiger partial charge >= 0.3 is 12.1 Å². The zero-order chi connectivity index (χ0) is 14.7. The molecule has 0 aromatic heterocycles. The lowest BCUT2D eigenvalue weighted by molar-refractivity contribution is -0.137. The molecule has 0 aliphatic rings. The quantitative estimate of drug-likeness (QED) is 0.521. The molecule has 0 radical (unpaired) electrons. The first-order valence-corrected chi connectivity index (χ1v) is 6.52. The molecule has 0 amide bonds. The van der Waals surface area contributed by atoms with E-state index in [9.17, 15) is 26.4 Å². The number of hydrogen-bond acceptors (Lipinski definition) is 4. The highest BCUT2D eigenvalue weighted by molar-refractivity contribution is 7.85. The molecule has 1 rings (SSSR count). The van der Waals surface area contributed by atoms with Gasteiger partial charge in [0.15, 0.2) is 0 Å². The van der Waals surface area contributed by atoms with E-state index >= 15 is 0 Å². The van der Waals surface area contributed by atoms with Crippen molar-refractivity contribution in [2.75, 3.05) is 5.75 Å². The lowest BCUT2D eigenvalue weighted by atomic mass is 10.2. The van der Waals surface area contributed by atoms with Crippen molar-refractivity contribution < 1.29 is 35.7 Å². The van der Waals surface area contributed by atoms with E-state index in [4.69, 9.17) is 4.55 Å². The van der Waals surface area contributed by atoms with Crippen molar-refractivity contribution in [1.29, 1.82) is 0 Å². The molecular formula is C10H9F3O5S. The monoisotopic (exact) mass is 298 g/mol. The smallest absolute Gasteiger partial charge is 0.416 e. The van der Waals surface area contributed by atoms with E-state index in [0.29, 0.717) is 0 Å². The summed E-state index contributed by atoms with van der Waals surface area (Å²) in [6.07, 6.45) is -5.09. The molecule has 0 spiro atoms. The average molecular weight is 298 g/mol. The van der Waals surface area contributed by atoms with Gasteiger partial charge in [-0.05, 0) is 24.3 Å². The molecule has 0 bridgehead atoms. The van der Waals surface area contributed by atoms with Crippen LogP contribution in [0.1, 0.15) is 12.0 Å². The van der Waals surface area contributed by atoms with Gasteiger partial charge in [0.2, 0.25) is 0 Å². The number of carbonyl (C=O) groups is 1. The molecule has 9 heteroatoms. The Labute approximate surface area is 106 Å². The van der Waals surface area contributed by atoms with Crippen LogP contribution in [0, 0.1) is 0 Å². The molecular weight excluding hydrogens is 289 g/mol. The fourth-order valence-corrected chi connectivity index (χ4v) is 1.53. The van der Waals surface area contributed by atoms with Crippen molar-refractivity contribution >= 4 is 16.1 Å². The number of ether oxygens (including phenoxy) is 1. The van der Waals surface area contributed by atoms with E-state index in [-0.39, 0.29) is 5.75 Å². The second kappa shape index (κ2) is 5.57. The van der Waals surface area contributed by atoms with Crippen LogP contribution in [-0.4, -0.2) is 24.7 Å². The van der Waals surface area contributed by atoms with Crippen molar-refractivity contribution in [1.82, 2.24) is 0 Å². The van der Waals surface area contributed by atoms with Crippen LogP contribution in [0.15, 0.2) is 24.3 Å². The molecule has 19 heavy (non-hydrogen) atoms. The molecule has 0 saturated heterocycles. The van der Waals surface area contributed by atoms with Crippen molar-refractivity contribution in [2.24, 2.45) is 0 Å². The Morgan fingerprint density at radius 2 is 1.74 bits per heavy atom. The fraction of sp³-hybridized carbons (Fsp3) is 0.300. The van der Waals surface area contributed by atoms with Crippen molar-refractivity contribution in [3.05, 3.63) is 29.8 Å². The van der Waals surface area contributed by atoms with Crippen LogP contribution >= 0.6 is 0 Å². The van der Waals surface area contributed by atoms with Gasteiger partial charge in [0.05, 0.1) is 17.7 Å². The number of halogens is 3. The van der Waals surface area contributed by atoms with E-state index in [0.717, 1.165) is 24.3 Å². The summed E-state index contributed by atoms with van der Waals surface area (Å²) in [7, 11) is -4.29. The van der Waals surface area contributed by atoms with Gasteiger partial charge in [-0.1, -0.05) is 0 Å². The van der Waals surface area contributed by atoms with E-state index in [1.807, 2.05) is 0 Å². The first kappa shape index (κ1) is 15.4. The SMILES string of the molecule is O=C(CCS(=O)(=O)O)Oc1ccc(C(F)(F)F)cc1. The molecule has 0 saturated carbocycles. The van der Waals surface area contributed by atoms with Gasteiger partial charge in [-0.3, -0.25) is 9.35 Å². The minimum Gasteiger partial charge on any atom is -0.427 e. The van der Waals surface area contributed by atoms with Crippen LogP contribution in [-0.2, 0) is 21.1 Å². The third kappa shape index (κ3) is 5.71. The van der Waals surface area contributed by atoms with Crippen LogP contribution in [0.2, 0.25) is 0 Å². The molecule has 106 valence electrons. The number of rotatable bonds is 4. The molecule has 0 aliphatic carbocycles. The Morgan fingerprint density at radius 3 is 2.16 bits per heavy atom. The first-order valence-electron chi connectivity index (χ1n) is 4.91. The Kier molecular flexibility index (Phi) is 4.53. The largest absolute Gasteiger partial charge is 0.427 e. The second-order valence-electron chi connectivity index (χ2n) is 3.53. The van der Waals surface area contributed by atoms with Crippen LogP contribution in [0.5, 0.6) is 5.75 Å². The minimum absolute atomic E-state index is 0.145. The Bertz CT molecular complexity index is 548. The fourth-order valence-electron chi connectivity index (χ4n) is 1.11. The summed E-state index contributed by atoms with van der Waals surface area (Å²) in [5.41, 5.74) is -0.898. The maximum Gasteiger partial charge on any atom is 0.416 e. The summed E-state index contributed by atoms with van der Waals surface area (Å²) in [5.74, 6) is -1.93. The Morgan fingerprint density at radius 1 is 1.21 bits per heavy atom. The zero-order valence-corrected chi connectivity index (χ0v) is 10.2. The lowest BCUT2D eigenvalue weighted by Gasteiger charge is -2.07. The van der Waals surface area contributed by atoms with E-state index in [1.165, 1.54) is 0 Å². The highest BCUT2D eigenvalue weighted by Crippen LogP contribution is 2.30. The Hall–Kier alpha value is -1.61. The summed E-state index contributed by atoms with van der Waals surface area (Å²) in [6, 6.07) is 3.33. The van der Waals surface area contributed by atoms with Gasteiger partial charge in [-0.15, -0.1) is 0 Å². The van der Waals surface area contributed by atoms with Crippen molar-refractivity contribution in [3.8, 4) is 5.75 Å². The molecule has 0 aliphatic heterocycles. The molecule has 0 heterocycles. The number of hydrogen-bond donors (Lipinski definition) is 1. The third-order valence-electron chi connectivity index (χ3n) is 1.98. The van der Waals surface area contributed by atoms with Gasteiger partial charge in [-0.2, -0.15) is 21.6 Å². The topological polar surface area (TPSA) is 80.7 Å². The van der Waals surface area contributed by atoms with Gasteiger partial charge in [-0.25, -0.2) is 0 Å². The molecule has 5 nitrogen and oxygen atoms in total. The molecule has 0 fully saturated rings. The Balaban J connectivity index is 2.61. The summed E-state index contributed by atoms with van der Waals surface area (Å²) in [4.78, 5) is 11.1. The third-order valence-corrected chi connectivity index (χ3v) is 2.70. The van der Waals surface area contributed by atoms with Crippen molar-refractivity contribution in [2.45, 2.75) is 12.6 Å². The summed E-state index contributed by atoms with van der Waals surface area (Å²) < 4.78 is 70.4. The highest BCUT2D eigenvalue weighted by atomic mass is 32.2. The minimum atomic E-state index is -4.49. The second-order valence-corrected chi connectivity index (χ2v) is 5.10. The van der Waals surface area contributed by atoms with Crippen LogP contribution in [0.25, 0.3) is 0 Å². The lowest BCUT2D eigenvalue weighted by Crippen LogP contribution is -2.14. The van der Waals surface area contributed by atoms with Crippen LogP contribution in [0.3, 0.4) is 0 Å². The molecule has 1 aromatic rings. The highest BCUT2D eigenvalue weighted by Gasteiger charge is 2.30. The molecule has 0 unspecified atom stereocenters. The standard InChI is InChI=1S/C10H9F3O5S/c11-10(12,13)7-1-3-8(4-2-7)18-9(14)5-6-19(15,16)17/h1-4H,5-6H2,(H,15,16,17). The zero-order valence-electron chi connectivity index (χ0n) is 9.35. The van der Waals surface area contributed by atoms with Gasteiger partial charge < -0.3 is 4.74 Å². The number of esters is 1. The molecule has 1 N–H and O–H groups in total. The summed E-state index contributed by atoms with van der Waals surface area (Å²) in [5, 5.41) is 0. The average Bonchev–Trinajstić information content (AvgIpc) is 2.25. The molecule has 0 atom stereocenters. The summed E-state index contributed by atoms with van der Waals surface area (Å²) in [6.45, 7) is 0. The first-order chi connectivity index (χ1) is 8.58. The van der Waals surface area contributed by atoms with E-state index in [2.05, 4.69) is 4.74 Å². The molecule has 1 aromatic carbocycles. The maximum atomic E-state index is 12.2. The van der Waals surface area contributed by atoms with E-state index < -0.39 is 40.0 Å². The maximum absolute atomic E-state index is 12.2. The van der Waals surface area contributed by atoms with Gasteiger partial charge in [0, 0.05) is 0 Å². The number of alkyl halides is 3. The van der Waals surface area contributed by atoms with Gasteiger partial charge in [0.1, 0.15) is 5.75 Å². The predicted octanol–water partition coefficient (Wildman–Crippen LogP) is 1.89. The normalized spacial score (nSPS) is 12.2.